The number of fused-ring (bicyclic) bond motifs is 3. The van der Waals surface area contributed by atoms with Gasteiger partial charge in [0, 0.05) is 17.1 Å². The molecule has 0 amide bonds. The molecule has 1 fully saturated rings. The van der Waals surface area contributed by atoms with Gasteiger partial charge >= 0.3 is 5.97 Å². The zero-order chi connectivity index (χ0) is 20.2. The van der Waals surface area contributed by atoms with Crippen molar-refractivity contribution in [1.82, 2.24) is 0 Å². The SMILES string of the molecule is C=C1C(=O)O[C@H]2c3c(C)c(OCc4cc(F)c(F)c(F)c4)cc(C)c3CC[C@@H]12. The molecular formula is C22H19F3O3. The summed E-state index contributed by atoms with van der Waals surface area (Å²) in [6.45, 7) is 7.57. The van der Waals surface area contributed by atoms with Crippen LogP contribution in [0.4, 0.5) is 13.2 Å². The lowest BCUT2D eigenvalue weighted by atomic mass is 9.76. The van der Waals surface area contributed by atoms with Gasteiger partial charge in [-0.2, -0.15) is 0 Å². The van der Waals surface area contributed by atoms with Crippen molar-refractivity contribution in [3.63, 3.8) is 0 Å². The zero-order valence-corrected chi connectivity index (χ0v) is 15.6. The van der Waals surface area contributed by atoms with Gasteiger partial charge in [-0.25, -0.2) is 18.0 Å². The summed E-state index contributed by atoms with van der Waals surface area (Å²) in [4.78, 5) is 12.0. The first-order valence-corrected chi connectivity index (χ1v) is 9.07. The first kappa shape index (κ1) is 18.6. The van der Waals surface area contributed by atoms with Crippen LogP contribution < -0.4 is 4.74 Å². The Bertz CT molecular complexity index is 990. The zero-order valence-electron chi connectivity index (χ0n) is 15.6. The molecule has 0 bridgehead atoms. The van der Waals surface area contributed by atoms with Gasteiger partial charge in [0.2, 0.25) is 0 Å². The molecule has 4 rings (SSSR count). The molecule has 28 heavy (non-hydrogen) atoms. The number of esters is 1. The Labute approximate surface area is 160 Å². The molecule has 0 radical (unpaired) electrons. The van der Waals surface area contributed by atoms with E-state index < -0.39 is 17.5 Å². The minimum absolute atomic E-state index is 0.0476. The highest BCUT2D eigenvalue weighted by Crippen LogP contribution is 2.49. The summed E-state index contributed by atoms with van der Waals surface area (Å²) in [6, 6.07) is 3.70. The van der Waals surface area contributed by atoms with E-state index in [4.69, 9.17) is 9.47 Å². The molecule has 0 saturated carbocycles. The molecule has 2 atom stereocenters. The summed E-state index contributed by atoms with van der Waals surface area (Å²) in [5.41, 5.74) is 4.56. The van der Waals surface area contributed by atoms with Gasteiger partial charge in [0.1, 0.15) is 18.5 Å². The van der Waals surface area contributed by atoms with E-state index in [1.807, 2.05) is 19.9 Å². The number of hydrogen-bond donors (Lipinski definition) is 0. The van der Waals surface area contributed by atoms with Crippen LogP contribution in [0.25, 0.3) is 0 Å². The molecule has 146 valence electrons. The lowest BCUT2D eigenvalue weighted by Gasteiger charge is -2.30. The molecule has 2 aromatic carbocycles. The number of carbonyl (C=O) groups excluding carboxylic acids is 1. The molecule has 0 aromatic heterocycles. The minimum atomic E-state index is -1.50. The smallest absolute Gasteiger partial charge is 0.334 e. The van der Waals surface area contributed by atoms with Gasteiger partial charge in [-0.15, -0.1) is 0 Å². The minimum Gasteiger partial charge on any atom is -0.489 e. The number of ether oxygens (including phenoxy) is 2. The van der Waals surface area contributed by atoms with E-state index in [9.17, 15) is 18.0 Å². The molecule has 3 nitrogen and oxygen atoms in total. The second kappa shape index (κ2) is 6.69. The molecule has 2 aliphatic rings. The van der Waals surface area contributed by atoms with Crippen molar-refractivity contribution in [3.8, 4) is 5.75 Å². The predicted molar refractivity (Wildman–Crippen MR) is 96.3 cm³/mol. The molecule has 1 aliphatic carbocycles. The van der Waals surface area contributed by atoms with E-state index >= 15 is 0 Å². The average Bonchev–Trinajstić information content (AvgIpc) is 2.95. The van der Waals surface area contributed by atoms with E-state index in [0.717, 1.165) is 47.2 Å². The highest BCUT2D eigenvalue weighted by atomic mass is 19.2. The van der Waals surface area contributed by atoms with Gasteiger partial charge in [-0.05, 0) is 67.1 Å². The van der Waals surface area contributed by atoms with E-state index in [0.29, 0.717) is 11.3 Å². The number of hydrogen-bond acceptors (Lipinski definition) is 3. The van der Waals surface area contributed by atoms with E-state index in [-0.39, 0.29) is 30.2 Å². The fourth-order valence-corrected chi connectivity index (χ4v) is 4.18. The topological polar surface area (TPSA) is 35.5 Å². The van der Waals surface area contributed by atoms with Gasteiger partial charge in [0.25, 0.3) is 0 Å². The number of carbonyl (C=O) groups is 1. The van der Waals surface area contributed by atoms with Crippen LogP contribution in [0.1, 0.15) is 40.3 Å². The number of halogens is 3. The van der Waals surface area contributed by atoms with Crippen LogP contribution in [-0.4, -0.2) is 5.97 Å². The van der Waals surface area contributed by atoms with E-state index in [1.54, 1.807) is 0 Å². The Balaban J connectivity index is 1.67. The largest absolute Gasteiger partial charge is 0.489 e. The fourth-order valence-electron chi connectivity index (χ4n) is 4.18. The van der Waals surface area contributed by atoms with Crippen molar-refractivity contribution < 1.29 is 27.4 Å². The standard InChI is InChI=1S/C22H19F3O3/c1-10-6-18(27-9-13-7-16(23)20(25)17(24)8-13)12(3)19-14(10)4-5-15-11(2)22(26)28-21(15)19/h6-8,15,21H,2,4-5,9H2,1,3H3/t15-,21+/m0/s1. The van der Waals surface area contributed by atoms with Crippen molar-refractivity contribution in [2.24, 2.45) is 5.92 Å². The van der Waals surface area contributed by atoms with Crippen LogP contribution in [0.2, 0.25) is 0 Å². The van der Waals surface area contributed by atoms with Crippen molar-refractivity contribution >= 4 is 5.97 Å². The Kier molecular flexibility index (Phi) is 4.44. The van der Waals surface area contributed by atoms with Crippen LogP contribution in [0, 0.1) is 37.2 Å². The summed E-state index contributed by atoms with van der Waals surface area (Å²) in [7, 11) is 0. The molecule has 0 N–H and O–H groups in total. The summed E-state index contributed by atoms with van der Waals surface area (Å²) in [5, 5.41) is 0. The van der Waals surface area contributed by atoms with Gasteiger partial charge in [-0.3, -0.25) is 0 Å². The molecule has 1 saturated heterocycles. The monoisotopic (exact) mass is 388 g/mol. The Morgan fingerprint density at radius 3 is 2.54 bits per heavy atom. The second-order valence-corrected chi connectivity index (χ2v) is 7.37. The third-order valence-electron chi connectivity index (χ3n) is 5.66. The van der Waals surface area contributed by atoms with Gasteiger partial charge in [-0.1, -0.05) is 6.58 Å². The van der Waals surface area contributed by atoms with Crippen LogP contribution >= 0.6 is 0 Å². The summed E-state index contributed by atoms with van der Waals surface area (Å²) in [5.74, 6) is -3.89. The molecule has 2 aromatic rings. The highest BCUT2D eigenvalue weighted by Gasteiger charge is 2.44. The first-order valence-electron chi connectivity index (χ1n) is 9.07. The average molecular weight is 388 g/mol. The van der Waals surface area contributed by atoms with Crippen LogP contribution in [0.3, 0.4) is 0 Å². The summed E-state index contributed by atoms with van der Waals surface area (Å²) in [6.07, 6.45) is 1.23. The number of aryl methyl sites for hydroxylation is 1. The summed E-state index contributed by atoms with van der Waals surface area (Å²) < 4.78 is 51.4. The fraction of sp³-hybridized carbons (Fsp3) is 0.318. The number of rotatable bonds is 3. The lowest BCUT2D eigenvalue weighted by Crippen LogP contribution is -2.20. The molecule has 0 spiro atoms. The Morgan fingerprint density at radius 1 is 1.18 bits per heavy atom. The quantitative estimate of drug-likeness (QED) is 0.421. The molecule has 6 heteroatoms. The first-order chi connectivity index (χ1) is 13.3. The van der Waals surface area contributed by atoms with Crippen molar-refractivity contribution in [2.75, 3.05) is 0 Å². The molecule has 1 heterocycles. The van der Waals surface area contributed by atoms with Crippen molar-refractivity contribution in [3.05, 3.63) is 75.6 Å². The Morgan fingerprint density at radius 2 is 1.86 bits per heavy atom. The lowest BCUT2D eigenvalue weighted by molar-refractivity contribution is -0.139. The Hall–Kier alpha value is -2.76. The van der Waals surface area contributed by atoms with Gasteiger partial charge in [0.15, 0.2) is 17.5 Å². The van der Waals surface area contributed by atoms with Gasteiger partial charge in [0.05, 0.1) is 0 Å². The van der Waals surface area contributed by atoms with E-state index in [1.165, 1.54) is 0 Å². The van der Waals surface area contributed by atoms with Crippen molar-refractivity contribution in [1.29, 1.82) is 0 Å². The van der Waals surface area contributed by atoms with Crippen molar-refractivity contribution in [2.45, 2.75) is 39.4 Å². The van der Waals surface area contributed by atoms with Crippen LogP contribution in [0.5, 0.6) is 5.75 Å². The van der Waals surface area contributed by atoms with Crippen LogP contribution in [-0.2, 0) is 22.6 Å². The van der Waals surface area contributed by atoms with Gasteiger partial charge < -0.3 is 9.47 Å². The predicted octanol–water partition coefficient (Wildman–Crippen LogP) is 5.02. The maximum Gasteiger partial charge on any atom is 0.334 e. The molecular weight excluding hydrogens is 369 g/mol. The second-order valence-electron chi connectivity index (χ2n) is 7.37. The third-order valence-corrected chi connectivity index (χ3v) is 5.66. The summed E-state index contributed by atoms with van der Waals surface area (Å²) >= 11 is 0. The molecule has 1 aliphatic heterocycles. The highest BCUT2D eigenvalue weighted by molar-refractivity contribution is 5.91. The molecule has 0 unspecified atom stereocenters. The normalized spacial score (nSPS) is 20.6. The third kappa shape index (κ3) is 2.87. The maximum absolute atomic E-state index is 13.4. The maximum atomic E-state index is 13.4. The number of benzene rings is 2. The van der Waals surface area contributed by atoms with E-state index in [2.05, 4.69) is 6.58 Å². The van der Waals surface area contributed by atoms with Crippen LogP contribution in [0.15, 0.2) is 30.4 Å².